The van der Waals surface area contributed by atoms with Crippen molar-refractivity contribution >= 4 is 17.5 Å². The fraction of sp³-hybridized carbons (Fsp3) is 0.417. The molecule has 0 radical (unpaired) electrons. The number of rotatable bonds is 7. The van der Waals surface area contributed by atoms with Crippen LogP contribution in [0.25, 0.3) is 0 Å². The second-order valence-corrected chi connectivity index (χ2v) is 8.06. The van der Waals surface area contributed by atoms with Crippen LogP contribution < -0.4 is 15.5 Å². The summed E-state index contributed by atoms with van der Waals surface area (Å²) < 4.78 is 0. The predicted octanol–water partition coefficient (Wildman–Crippen LogP) is 2.88. The molecule has 2 aromatic rings. The van der Waals surface area contributed by atoms with Crippen LogP contribution in [0.3, 0.4) is 0 Å². The molecule has 0 aromatic heterocycles. The molecule has 0 bridgehead atoms. The van der Waals surface area contributed by atoms with Crippen molar-refractivity contribution in [3.05, 3.63) is 65.7 Å². The van der Waals surface area contributed by atoms with Crippen LogP contribution in [0.1, 0.15) is 43.0 Å². The number of nitrogens with one attached hydrogen (secondary N) is 2. The molecule has 2 atom stereocenters. The van der Waals surface area contributed by atoms with Crippen molar-refractivity contribution in [3.8, 4) is 0 Å². The third-order valence-electron chi connectivity index (χ3n) is 5.69. The zero-order valence-corrected chi connectivity index (χ0v) is 18.1. The van der Waals surface area contributed by atoms with Crippen molar-refractivity contribution in [2.24, 2.45) is 0 Å². The zero-order valence-electron chi connectivity index (χ0n) is 18.1. The first-order valence-corrected chi connectivity index (χ1v) is 10.6. The Kier molecular flexibility index (Phi) is 7.46. The smallest absolute Gasteiger partial charge is 0.309 e. The lowest BCUT2D eigenvalue weighted by Gasteiger charge is -2.28. The van der Waals surface area contributed by atoms with E-state index in [1.807, 2.05) is 51.4 Å². The third-order valence-corrected chi connectivity index (χ3v) is 5.69. The molecule has 1 heterocycles. The molecule has 6 nitrogen and oxygen atoms in total. The van der Waals surface area contributed by atoms with E-state index in [0.29, 0.717) is 6.54 Å². The molecule has 6 heteroatoms. The van der Waals surface area contributed by atoms with Crippen molar-refractivity contribution in [1.29, 1.82) is 0 Å². The van der Waals surface area contributed by atoms with Gasteiger partial charge in [-0.15, -0.1) is 0 Å². The monoisotopic (exact) mass is 408 g/mol. The van der Waals surface area contributed by atoms with Crippen LogP contribution in [0.2, 0.25) is 0 Å². The van der Waals surface area contributed by atoms with Crippen molar-refractivity contribution in [1.82, 2.24) is 15.5 Å². The second-order valence-electron chi connectivity index (χ2n) is 8.06. The van der Waals surface area contributed by atoms with Gasteiger partial charge in [0.25, 0.3) is 0 Å². The summed E-state index contributed by atoms with van der Waals surface area (Å²) in [5.41, 5.74) is 3.26. The Morgan fingerprint density at radius 2 is 1.57 bits per heavy atom. The fourth-order valence-corrected chi connectivity index (χ4v) is 3.86. The van der Waals surface area contributed by atoms with Crippen LogP contribution in [-0.4, -0.2) is 50.4 Å². The molecule has 30 heavy (non-hydrogen) atoms. The topological polar surface area (TPSA) is 64.7 Å². The number of carbonyl (C=O) groups is 2. The Balaban J connectivity index is 1.61. The zero-order chi connectivity index (χ0) is 21.5. The number of nitrogens with zero attached hydrogens (tertiary/aromatic N) is 2. The van der Waals surface area contributed by atoms with Crippen molar-refractivity contribution < 1.29 is 9.59 Å². The minimum atomic E-state index is -0.602. The predicted molar refractivity (Wildman–Crippen MR) is 120 cm³/mol. The number of benzene rings is 2. The Hall–Kier alpha value is -2.86. The van der Waals surface area contributed by atoms with Crippen molar-refractivity contribution in [2.75, 3.05) is 38.6 Å². The maximum atomic E-state index is 12.5. The van der Waals surface area contributed by atoms with E-state index in [1.165, 1.54) is 0 Å². The number of hydrogen-bond donors (Lipinski definition) is 2. The summed E-state index contributed by atoms with van der Waals surface area (Å²) in [4.78, 5) is 29.3. The third kappa shape index (κ3) is 5.60. The van der Waals surface area contributed by atoms with E-state index in [0.717, 1.165) is 42.7 Å². The van der Waals surface area contributed by atoms with E-state index in [-0.39, 0.29) is 12.1 Å². The number of likely N-dealkylation sites (tertiary alicyclic amines) is 1. The lowest BCUT2D eigenvalue weighted by molar-refractivity contribution is -0.139. The summed E-state index contributed by atoms with van der Waals surface area (Å²) in [5, 5.41) is 5.63. The molecule has 0 aliphatic carbocycles. The van der Waals surface area contributed by atoms with E-state index in [9.17, 15) is 9.59 Å². The summed E-state index contributed by atoms with van der Waals surface area (Å²) in [7, 11) is 4.03. The number of hydrogen-bond acceptors (Lipinski definition) is 4. The SMILES string of the molecule is C[C@H](NC(=O)C(=O)NC[C@H](c1ccc(N(C)C)cc1)N1CCCC1)c1ccccc1. The molecule has 1 saturated heterocycles. The minimum Gasteiger partial charge on any atom is -0.378 e. The second kappa shape index (κ2) is 10.3. The van der Waals surface area contributed by atoms with Gasteiger partial charge < -0.3 is 15.5 Å². The quantitative estimate of drug-likeness (QED) is 0.692. The Labute approximate surface area is 179 Å². The molecule has 3 rings (SSSR count). The van der Waals surface area contributed by atoms with Crippen molar-refractivity contribution in [2.45, 2.75) is 31.8 Å². The first kappa shape index (κ1) is 21.8. The first-order chi connectivity index (χ1) is 14.5. The van der Waals surface area contributed by atoms with Gasteiger partial charge in [-0.05, 0) is 56.1 Å². The van der Waals surface area contributed by atoms with Crippen LogP contribution in [0, 0.1) is 0 Å². The number of carbonyl (C=O) groups excluding carboxylic acids is 2. The molecule has 1 aliphatic rings. The van der Waals surface area contributed by atoms with Crippen LogP contribution in [0.5, 0.6) is 0 Å². The van der Waals surface area contributed by atoms with Gasteiger partial charge in [0.05, 0.1) is 12.1 Å². The van der Waals surface area contributed by atoms with Gasteiger partial charge in [-0.25, -0.2) is 0 Å². The van der Waals surface area contributed by atoms with Gasteiger partial charge in [0.15, 0.2) is 0 Å². The largest absolute Gasteiger partial charge is 0.378 e. The molecule has 2 amide bonds. The molecule has 160 valence electrons. The average molecular weight is 409 g/mol. The van der Waals surface area contributed by atoms with E-state index < -0.39 is 11.8 Å². The molecule has 0 saturated carbocycles. The Morgan fingerprint density at radius 1 is 0.933 bits per heavy atom. The Morgan fingerprint density at radius 3 is 2.17 bits per heavy atom. The van der Waals surface area contributed by atoms with E-state index >= 15 is 0 Å². The molecular formula is C24H32N4O2. The summed E-state index contributed by atoms with van der Waals surface area (Å²) in [6.07, 6.45) is 2.32. The highest BCUT2D eigenvalue weighted by Gasteiger charge is 2.25. The number of amides is 2. The molecule has 0 unspecified atom stereocenters. The molecule has 1 aliphatic heterocycles. The van der Waals surface area contributed by atoms with Crippen LogP contribution >= 0.6 is 0 Å². The molecule has 2 N–H and O–H groups in total. The normalized spacial score (nSPS) is 16.0. The molecular weight excluding hydrogens is 376 g/mol. The molecule has 2 aromatic carbocycles. The van der Waals surface area contributed by atoms with E-state index in [2.05, 4.69) is 44.7 Å². The minimum absolute atomic E-state index is 0.0620. The summed E-state index contributed by atoms with van der Waals surface area (Å²) in [6, 6.07) is 17.9. The Bertz CT molecular complexity index is 830. The summed E-state index contributed by atoms with van der Waals surface area (Å²) >= 11 is 0. The van der Waals surface area contributed by atoms with Gasteiger partial charge in [0.2, 0.25) is 0 Å². The van der Waals surface area contributed by atoms with Gasteiger partial charge in [-0.3, -0.25) is 14.5 Å². The summed E-state index contributed by atoms with van der Waals surface area (Å²) in [5.74, 6) is -1.19. The maximum absolute atomic E-state index is 12.5. The molecule has 1 fully saturated rings. The highest BCUT2D eigenvalue weighted by molar-refractivity contribution is 6.35. The van der Waals surface area contributed by atoms with Gasteiger partial charge in [-0.2, -0.15) is 0 Å². The lowest BCUT2D eigenvalue weighted by atomic mass is 10.0. The van der Waals surface area contributed by atoms with Gasteiger partial charge in [0, 0.05) is 26.3 Å². The average Bonchev–Trinajstić information content (AvgIpc) is 3.29. The summed E-state index contributed by atoms with van der Waals surface area (Å²) in [6.45, 7) is 4.30. The van der Waals surface area contributed by atoms with Crippen LogP contribution in [-0.2, 0) is 9.59 Å². The van der Waals surface area contributed by atoms with Crippen LogP contribution in [0.15, 0.2) is 54.6 Å². The van der Waals surface area contributed by atoms with Gasteiger partial charge in [0.1, 0.15) is 0 Å². The van der Waals surface area contributed by atoms with Gasteiger partial charge in [-0.1, -0.05) is 42.5 Å². The first-order valence-electron chi connectivity index (χ1n) is 10.6. The maximum Gasteiger partial charge on any atom is 0.309 e. The van der Waals surface area contributed by atoms with Crippen molar-refractivity contribution in [3.63, 3.8) is 0 Å². The number of anilines is 1. The lowest BCUT2D eigenvalue weighted by Crippen LogP contribution is -2.44. The van der Waals surface area contributed by atoms with E-state index in [4.69, 9.17) is 0 Å². The van der Waals surface area contributed by atoms with E-state index in [1.54, 1.807) is 0 Å². The standard InChI is InChI=1S/C24H32N4O2/c1-18(19-9-5-4-6-10-19)26-24(30)23(29)25-17-22(28-15-7-8-16-28)20-11-13-21(14-12-20)27(2)3/h4-6,9-14,18,22H,7-8,15-17H2,1-3H3,(H,25,29)(H,26,30)/t18-,22+/m0/s1. The molecule has 0 spiro atoms. The fourth-order valence-electron chi connectivity index (χ4n) is 3.86. The highest BCUT2D eigenvalue weighted by atomic mass is 16.2. The van der Waals surface area contributed by atoms with Crippen LogP contribution in [0.4, 0.5) is 5.69 Å². The highest BCUT2D eigenvalue weighted by Crippen LogP contribution is 2.26. The van der Waals surface area contributed by atoms with Gasteiger partial charge >= 0.3 is 11.8 Å².